The van der Waals surface area contributed by atoms with Crippen molar-refractivity contribution in [3.05, 3.63) is 18.0 Å². The van der Waals surface area contributed by atoms with E-state index in [9.17, 15) is 0 Å². The molecule has 0 bridgehead atoms. The van der Waals surface area contributed by atoms with E-state index in [1.165, 1.54) is 0 Å². The minimum Gasteiger partial charge on any atom is -0.368 e. The number of nitrogen functional groups attached to an aromatic ring is 1. The number of rotatable bonds is 6. The lowest BCUT2D eigenvalue weighted by Crippen LogP contribution is -2.25. The summed E-state index contributed by atoms with van der Waals surface area (Å²) in [5.41, 5.74) is 5.69. The van der Waals surface area contributed by atoms with Gasteiger partial charge in [0.25, 0.3) is 0 Å². The van der Waals surface area contributed by atoms with E-state index in [4.69, 9.17) is 10.3 Å². The van der Waals surface area contributed by atoms with Crippen molar-refractivity contribution in [3.8, 4) is 0 Å². The summed E-state index contributed by atoms with van der Waals surface area (Å²) in [6.45, 7) is 6.13. The third kappa shape index (κ3) is 3.30. The van der Waals surface area contributed by atoms with Crippen LogP contribution in [0.1, 0.15) is 19.6 Å². The smallest absolute Gasteiger partial charge is 0.231 e. The predicted octanol–water partition coefficient (Wildman–Crippen LogP) is 0.900. The molecule has 0 aliphatic carbocycles. The van der Waals surface area contributed by atoms with Gasteiger partial charge in [0.15, 0.2) is 5.76 Å². The highest BCUT2D eigenvalue weighted by molar-refractivity contribution is 5.41. The minimum atomic E-state index is 0.192. The van der Waals surface area contributed by atoms with Crippen molar-refractivity contribution in [3.63, 3.8) is 0 Å². The summed E-state index contributed by atoms with van der Waals surface area (Å²) in [5.74, 6) is 1.88. The van der Waals surface area contributed by atoms with Gasteiger partial charge in [0, 0.05) is 19.2 Å². The Morgan fingerprint density at radius 3 is 2.68 bits per heavy atom. The summed E-state index contributed by atoms with van der Waals surface area (Å²) in [4.78, 5) is 14.5. The number of nitrogens with zero attached hydrogens (tertiary/aromatic N) is 5. The van der Waals surface area contributed by atoms with Crippen LogP contribution in [0.5, 0.6) is 0 Å². The molecule has 0 aliphatic rings. The fourth-order valence-electron chi connectivity index (χ4n) is 1.61. The van der Waals surface area contributed by atoms with E-state index in [0.29, 0.717) is 24.2 Å². The summed E-state index contributed by atoms with van der Waals surface area (Å²) >= 11 is 0. The molecule has 0 fully saturated rings. The van der Waals surface area contributed by atoms with Crippen LogP contribution in [0.15, 0.2) is 16.8 Å². The minimum absolute atomic E-state index is 0.192. The molecule has 0 atom stereocenters. The van der Waals surface area contributed by atoms with Crippen LogP contribution in [0.25, 0.3) is 0 Å². The van der Waals surface area contributed by atoms with Crippen LogP contribution in [0, 0.1) is 0 Å². The van der Waals surface area contributed by atoms with E-state index in [1.807, 2.05) is 18.7 Å². The maximum Gasteiger partial charge on any atom is 0.231 e. The van der Waals surface area contributed by atoms with Gasteiger partial charge in [-0.15, -0.1) is 0 Å². The first-order valence-corrected chi connectivity index (χ1v) is 6.12. The van der Waals surface area contributed by atoms with Gasteiger partial charge in [-0.2, -0.15) is 15.0 Å². The van der Waals surface area contributed by atoms with E-state index in [1.54, 1.807) is 12.3 Å². The van der Waals surface area contributed by atoms with Crippen LogP contribution >= 0.6 is 0 Å². The molecule has 0 spiro atoms. The highest BCUT2D eigenvalue weighted by Gasteiger charge is 2.09. The predicted molar refractivity (Wildman–Crippen MR) is 71.6 cm³/mol. The molecular formula is C11H17N7O. The maximum atomic E-state index is 5.69. The number of hydrogen-bond acceptors (Lipinski definition) is 8. The fraction of sp³-hybridized carbons (Fsp3) is 0.455. The van der Waals surface area contributed by atoms with Crippen molar-refractivity contribution in [1.82, 2.24) is 20.1 Å². The van der Waals surface area contributed by atoms with E-state index >= 15 is 0 Å². The van der Waals surface area contributed by atoms with Crippen molar-refractivity contribution in [2.24, 2.45) is 0 Å². The number of hydrogen-bond donors (Lipinski definition) is 2. The highest BCUT2D eigenvalue weighted by atomic mass is 16.5. The van der Waals surface area contributed by atoms with Gasteiger partial charge in [-0.25, -0.2) is 0 Å². The lowest BCUT2D eigenvalue weighted by Gasteiger charge is -2.18. The molecule has 19 heavy (non-hydrogen) atoms. The van der Waals surface area contributed by atoms with Gasteiger partial charge in [0.1, 0.15) is 0 Å². The third-order valence-electron chi connectivity index (χ3n) is 2.60. The number of aromatic nitrogens is 4. The Labute approximate surface area is 111 Å². The summed E-state index contributed by atoms with van der Waals surface area (Å²) in [7, 11) is 0. The Bertz CT molecular complexity index is 510. The highest BCUT2D eigenvalue weighted by Crippen LogP contribution is 2.12. The van der Waals surface area contributed by atoms with Crippen molar-refractivity contribution < 1.29 is 4.52 Å². The number of nitrogens with one attached hydrogen (secondary N) is 1. The molecule has 0 saturated carbocycles. The van der Waals surface area contributed by atoms with E-state index in [-0.39, 0.29) is 5.95 Å². The van der Waals surface area contributed by atoms with Gasteiger partial charge in [0.05, 0.1) is 12.7 Å². The first-order chi connectivity index (χ1) is 9.22. The second-order valence-corrected chi connectivity index (χ2v) is 3.82. The zero-order valence-corrected chi connectivity index (χ0v) is 11.0. The van der Waals surface area contributed by atoms with Crippen LogP contribution in [-0.2, 0) is 6.54 Å². The average molecular weight is 263 g/mol. The van der Waals surface area contributed by atoms with Crippen molar-refractivity contribution >= 4 is 17.8 Å². The van der Waals surface area contributed by atoms with Crippen LogP contribution in [-0.4, -0.2) is 33.2 Å². The molecule has 0 aliphatic heterocycles. The van der Waals surface area contributed by atoms with Crippen LogP contribution in [0.2, 0.25) is 0 Å². The zero-order valence-electron chi connectivity index (χ0n) is 11.0. The standard InChI is InChI=1S/C11H17N7O/c1-3-18(4-2)11-16-9(12)15-10(17-11)13-7-8-5-6-14-19-8/h5-6H,3-4,7H2,1-2H3,(H3,12,13,15,16,17). The Morgan fingerprint density at radius 1 is 1.26 bits per heavy atom. The molecule has 0 radical (unpaired) electrons. The molecule has 0 aromatic carbocycles. The fourth-order valence-corrected chi connectivity index (χ4v) is 1.61. The first-order valence-electron chi connectivity index (χ1n) is 6.12. The van der Waals surface area contributed by atoms with Crippen LogP contribution in [0.4, 0.5) is 17.8 Å². The topological polar surface area (TPSA) is 106 Å². The van der Waals surface area contributed by atoms with Gasteiger partial charge >= 0.3 is 0 Å². The van der Waals surface area contributed by atoms with Crippen molar-refractivity contribution in [2.45, 2.75) is 20.4 Å². The molecule has 0 unspecified atom stereocenters. The summed E-state index contributed by atoms with van der Waals surface area (Å²) in [6, 6.07) is 1.77. The summed E-state index contributed by atoms with van der Waals surface area (Å²) in [5, 5.41) is 6.65. The van der Waals surface area contributed by atoms with E-state index in [2.05, 4.69) is 25.4 Å². The first kappa shape index (κ1) is 13.1. The van der Waals surface area contributed by atoms with E-state index < -0.39 is 0 Å². The molecule has 8 heteroatoms. The maximum absolute atomic E-state index is 5.69. The Balaban J connectivity index is 2.12. The van der Waals surface area contributed by atoms with Gasteiger partial charge in [-0.1, -0.05) is 5.16 Å². The molecule has 0 amide bonds. The molecule has 8 nitrogen and oxygen atoms in total. The van der Waals surface area contributed by atoms with Crippen LogP contribution < -0.4 is 16.0 Å². The normalized spacial score (nSPS) is 10.4. The second-order valence-electron chi connectivity index (χ2n) is 3.82. The molecule has 2 aromatic rings. The monoisotopic (exact) mass is 263 g/mol. The van der Waals surface area contributed by atoms with Gasteiger partial charge < -0.3 is 20.5 Å². The second kappa shape index (κ2) is 5.98. The van der Waals surface area contributed by atoms with Gasteiger partial charge in [-0.05, 0) is 13.8 Å². The molecule has 102 valence electrons. The quantitative estimate of drug-likeness (QED) is 0.791. The number of anilines is 3. The molecular weight excluding hydrogens is 246 g/mol. The van der Waals surface area contributed by atoms with Gasteiger partial charge in [0.2, 0.25) is 17.8 Å². The Morgan fingerprint density at radius 2 is 2.05 bits per heavy atom. The van der Waals surface area contributed by atoms with E-state index in [0.717, 1.165) is 13.1 Å². The van der Waals surface area contributed by atoms with Crippen LogP contribution in [0.3, 0.4) is 0 Å². The molecule has 0 saturated heterocycles. The Hall–Kier alpha value is -2.38. The lowest BCUT2D eigenvalue weighted by molar-refractivity contribution is 0.388. The molecule has 2 heterocycles. The SMILES string of the molecule is CCN(CC)c1nc(N)nc(NCc2ccno2)n1. The molecule has 2 rings (SSSR count). The third-order valence-corrected chi connectivity index (χ3v) is 2.60. The zero-order chi connectivity index (χ0) is 13.7. The Kier molecular flexibility index (Phi) is 4.11. The average Bonchev–Trinajstić information content (AvgIpc) is 2.90. The van der Waals surface area contributed by atoms with Crippen molar-refractivity contribution in [2.75, 3.05) is 29.0 Å². The largest absolute Gasteiger partial charge is 0.368 e. The number of nitrogens with two attached hydrogens (primary N) is 1. The van der Waals surface area contributed by atoms with Crippen molar-refractivity contribution in [1.29, 1.82) is 0 Å². The van der Waals surface area contributed by atoms with Gasteiger partial charge in [-0.3, -0.25) is 0 Å². The molecule has 3 N–H and O–H groups in total. The summed E-state index contributed by atoms with van der Waals surface area (Å²) in [6.07, 6.45) is 1.58. The lowest BCUT2D eigenvalue weighted by atomic mass is 10.4. The molecule has 2 aromatic heterocycles. The summed E-state index contributed by atoms with van der Waals surface area (Å²) < 4.78 is 4.98.